The molecular formula is C22H32N6O. The van der Waals surface area contributed by atoms with Crippen molar-refractivity contribution >= 4 is 11.9 Å². The Balaban J connectivity index is 1.60. The Morgan fingerprint density at radius 1 is 1.24 bits per heavy atom. The molecule has 29 heavy (non-hydrogen) atoms. The number of likely N-dealkylation sites (tertiary alicyclic amines) is 1. The molecule has 0 spiro atoms. The lowest BCUT2D eigenvalue weighted by atomic mass is 9.93. The van der Waals surface area contributed by atoms with E-state index in [1.54, 1.807) is 7.05 Å². The number of carbonyl (C=O) groups excluding carboxylic acids is 1. The molecule has 7 nitrogen and oxygen atoms in total. The van der Waals surface area contributed by atoms with Gasteiger partial charge in [0.25, 0.3) is 0 Å². The summed E-state index contributed by atoms with van der Waals surface area (Å²) in [6.45, 7) is 6.10. The fourth-order valence-corrected chi connectivity index (χ4v) is 3.70. The van der Waals surface area contributed by atoms with Gasteiger partial charge in [-0.25, -0.2) is 9.98 Å². The van der Waals surface area contributed by atoms with Crippen molar-refractivity contribution in [2.45, 2.75) is 39.3 Å². The first-order valence-corrected chi connectivity index (χ1v) is 10.5. The molecule has 1 amide bonds. The van der Waals surface area contributed by atoms with Crippen molar-refractivity contribution in [1.82, 2.24) is 25.1 Å². The molecule has 1 fully saturated rings. The van der Waals surface area contributed by atoms with Crippen molar-refractivity contribution in [3.05, 3.63) is 54.1 Å². The molecule has 1 saturated heterocycles. The van der Waals surface area contributed by atoms with Crippen LogP contribution in [0.3, 0.4) is 0 Å². The van der Waals surface area contributed by atoms with E-state index in [0.29, 0.717) is 18.9 Å². The van der Waals surface area contributed by atoms with Crippen molar-refractivity contribution in [1.29, 1.82) is 0 Å². The molecule has 0 saturated carbocycles. The van der Waals surface area contributed by atoms with Gasteiger partial charge in [0.05, 0.1) is 0 Å². The van der Waals surface area contributed by atoms with Crippen LogP contribution in [0.15, 0.2) is 47.7 Å². The van der Waals surface area contributed by atoms with Crippen LogP contribution in [-0.2, 0) is 17.9 Å². The molecule has 0 aliphatic carbocycles. The summed E-state index contributed by atoms with van der Waals surface area (Å²) in [6, 6.07) is 10.4. The smallest absolute Gasteiger partial charge is 0.220 e. The molecule has 2 heterocycles. The molecule has 156 valence electrons. The van der Waals surface area contributed by atoms with Crippen molar-refractivity contribution in [3.8, 4) is 0 Å². The summed E-state index contributed by atoms with van der Waals surface area (Å²) < 4.78 is 2.15. The van der Waals surface area contributed by atoms with Crippen LogP contribution in [0.5, 0.6) is 0 Å². The van der Waals surface area contributed by atoms with E-state index in [-0.39, 0.29) is 5.91 Å². The number of carbonyl (C=O) groups is 1. The zero-order valence-electron chi connectivity index (χ0n) is 17.5. The van der Waals surface area contributed by atoms with E-state index in [1.807, 2.05) is 18.5 Å². The number of amides is 1. The van der Waals surface area contributed by atoms with E-state index < -0.39 is 0 Å². The number of rotatable bonds is 7. The summed E-state index contributed by atoms with van der Waals surface area (Å²) in [4.78, 5) is 23.3. The SMILES string of the molecule is CCNC(=NCc1nccn1Cc1ccccc1)N1CCC(CC(=O)NC)CC1. The van der Waals surface area contributed by atoms with E-state index >= 15 is 0 Å². The third-order valence-corrected chi connectivity index (χ3v) is 5.37. The van der Waals surface area contributed by atoms with Gasteiger partial charge in [-0.15, -0.1) is 0 Å². The second-order valence-corrected chi connectivity index (χ2v) is 7.43. The third kappa shape index (κ3) is 6.07. The van der Waals surface area contributed by atoms with Gasteiger partial charge in [-0.1, -0.05) is 30.3 Å². The molecule has 7 heteroatoms. The predicted octanol–water partition coefficient (Wildman–Crippen LogP) is 2.25. The lowest BCUT2D eigenvalue weighted by Crippen LogP contribution is -2.46. The summed E-state index contributed by atoms with van der Waals surface area (Å²) in [6.07, 6.45) is 6.50. The standard InChI is InChI=1S/C22H32N6O/c1-3-24-22(27-12-9-18(10-13-27)15-21(29)23-2)26-16-20-25-11-14-28(20)17-19-7-5-4-6-8-19/h4-8,11,14,18H,3,9-10,12-13,15-17H2,1-2H3,(H,23,29)(H,24,26). The Bertz CT molecular complexity index is 793. The second kappa shape index (κ2) is 10.6. The molecule has 1 aliphatic rings. The van der Waals surface area contributed by atoms with Gasteiger partial charge in [-0.2, -0.15) is 0 Å². The monoisotopic (exact) mass is 396 g/mol. The number of nitrogens with one attached hydrogen (secondary N) is 2. The van der Waals surface area contributed by atoms with E-state index in [1.165, 1.54) is 5.56 Å². The van der Waals surface area contributed by atoms with Crippen LogP contribution in [0, 0.1) is 5.92 Å². The second-order valence-electron chi connectivity index (χ2n) is 7.43. The van der Waals surface area contributed by atoms with E-state index in [0.717, 1.165) is 50.8 Å². The number of hydrogen-bond donors (Lipinski definition) is 2. The number of imidazole rings is 1. The number of piperidine rings is 1. The summed E-state index contributed by atoms with van der Waals surface area (Å²) in [7, 11) is 1.70. The molecule has 0 unspecified atom stereocenters. The molecule has 0 atom stereocenters. The highest BCUT2D eigenvalue weighted by Crippen LogP contribution is 2.20. The van der Waals surface area contributed by atoms with Crippen LogP contribution in [-0.4, -0.2) is 53.0 Å². The van der Waals surface area contributed by atoms with Crippen LogP contribution in [0.25, 0.3) is 0 Å². The lowest BCUT2D eigenvalue weighted by Gasteiger charge is -2.34. The van der Waals surface area contributed by atoms with Crippen LogP contribution >= 0.6 is 0 Å². The molecule has 0 radical (unpaired) electrons. The minimum absolute atomic E-state index is 0.134. The minimum Gasteiger partial charge on any atom is -0.359 e. The fourth-order valence-electron chi connectivity index (χ4n) is 3.70. The van der Waals surface area contributed by atoms with Crippen molar-refractivity contribution in [2.24, 2.45) is 10.9 Å². The Morgan fingerprint density at radius 3 is 2.69 bits per heavy atom. The van der Waals surface area contributed by atoms with Crippen LogP contribution in [0.4, 0.5) is 0 Å². The minimum atomic E-state index is 0.134. The maximum Gasteiger partial charge on any atom is 0.220 e. The average Bonchev–Trinajstić information content (AvgIpc) is 3.19. The first-order valence-electron chi connectivity index (χ1n) is 10.5. The average molecular weight is 397 g/mol. The molecule has 2 aromatic rings. The van der Waals surface area contributed by atoms with Gasteiger partial charge in [0.15, 0.2) is 5.96 Å². The summed E-state index contributed by atoms with van der Waals surface area (Å²) >= 11 is 0. The zero-order chi connectivity index (χ0) is 20.5. The molecule has 1 aromatic carbocycles. The van der Waals surface area contributed by atoms with E-state index in [9.17, 15) is 4.79 Å². The van der Waals surface area contributed by atoms with Crippen LogP contribution < -0.4 is 10.6 Å². The van der Waals surface area contributed by atoms with Gasteiger partial charge >= 0.3 is 0 Å². The molecule has 1 aliphatic heterocycles. The summed E-state index contributed by atoms with van der Waals surface area (Å²) in [5, 5.41) is 6.14. The Hall–Kier alpha value is -2.83. The zero-order valence-corrected chi connectivity index (χ0v) is 17.5. The van der Waals surface area contributed by atoms with Crippen molar-refractivity contribution in [3.63, 3.8) is 0 Å². The summed E-state index contributed by atoms with van der Waals surface area (Å²) in [5.74, 6) is 2.48. The van der Waals surface area contributed by atoms with Gasteiger partial charge in [-0.05, 0) is 31.2 Å². The molecule has 3 rings (SSSR count). The maximum absolute atomic E-state index is 11.6. The molecule has 0 bridgehead atoms. The Morgan fingerprint density at radius 2 is 2.00 bits per heavy atom. The fraction of sp³-hybridized carbons (Fsp3) is 0.500. The Kier molecular flexibility index (Phi) is 7.67. The van der Waals surface area contributed by atoms with Gasteiger partial charge in [0, 0.05) is 52.0 Å². The van der Waals surface area contributed by atoms with Gasteiger partial charge < -0.3 is 20.1 Å². The first-order chi connectivity index (χ1) is 14.2. The van der Waals surface area contributed by atoms with E-state index in [2.05, 4.69) is 56.3 Å². The highest BCUT2D eigenvalue weighted by atomic mass is 16.1. The largest absolute Gasteiger partial charge is 0.359 e. The number of aliphatic imine (C=N–C) groups is 1. The molecule has 1 aromatic heterocycles. The maximum atomic E-state index is 11.6. The normalized spacial score (nSPS) is 15.4. The van der Waals surface area contributed by atoms with Crippen molar-refractivity contribution in [2.75, 3.05) is 26.7 Å². The summed E-state index contributed by atoms with van der Waals surface area (Å²) in [5.41, 5.74) is 1.25. The Labute approximate surface area is 173 Å². The number of aromatic nitrogens is 2. The topological polar surface area (TPSA) is 74.5 Å². The lowest BCUT2D eigenvalue weighted by molar-refractivity contribution is -0.121. The van der Waals surface area contributed by atoms with Crippen LogP contribution in [0.1, 0.15) is 37.6 Å². The molecule has 2 N–H and O–H groups in total. The first kappa shape index (κ1) is 20.9. The third-order valence-electron chi connectivity index (χ3n) is 5.37. The number of benzene rings is 1. The van der Waals surface area contributed by atoms with Gasteiger partial charge in [0.1, 0.15) is 12.4 Å². The number of guanidine groups is 1. The molecular weight excluding hydrogens is 364 g/mol. The van der Waals surface area contributed by atoms with Crippen molar-refractivity contribution < 1.29 is 4.79 Å². The quantitative estimate of drug-likeness (QED) is 0.556. The van der Waals surface area contributed by atoms with Gasteiger partial charge in [0.2, 0.25) is 5.91 Å². The highest BCUT2D eigenvalue weighted by Gasteiger charge is 2.23. The van der Waals surface area contributed by atoms with E-state index in [4.69, 9.17) is 4.99 Å². The van der Waals surface area contributed by atoms with Gasteiger partial charge in [-0.3, -0.25) is 4.79 Å². The number of hydrogen-bond acceptors (Lipinski definition) is 3. The highest BCUT2D eigenvalue weighted by molar-refractivity contribution is 5.80. The number of nitrogens with zero attached hydrogens (tertiary/aromatic N) is 4. The predicted molar refractivity (Wildman–Crippen MR) is 116 cm³/mol. The van der Waals surface area contributed by atoms with Crippen LogP contribution in [0.2, 0.25) is 0 Å².